The molecular weight excluding hydrogens is 307 g/mol. The second kappa shape index (κ2) is 5.84. The van der Waals surface area contributed by atoms with Gasteiger partial charge in [0.15, 0.2) is 9.84 Å². The molecule has 1 aliphatic heterocycles. The summed E-state index contributed by atoms with van der Waals surface area (Å²) in [5.41, 5.74) is 0.319. The van der Waals surface area contributed by atoms with Crippen LogP contribution in [-0.4, -0.2) is 33.3 Å². The Bertz CT molecular complexity index is 601. The van der Waals surface area contributed by atoms with Crippen LogP contribution in [0.2, 0.25) is 0 Å². The highest BCUT2D eigenvalue weighted by Gasteiger charge is 2.37. The number of nitrogens with one attached hydrogen (secondary N) is 1. The quantitative estimate of drug-likeness (QED) is 0.924. The van der Waals surface area contributed by atoms with Crippen LogP contribution in [0.4, 0.5) is 13.2 Å². The van der Waals surface area contributed by atoms with Gasteiger partial charge in [0, 0.05) is 11.6 Å². The summed E-state index contributed by atoms with van der Waals surface area (Å²) >= 11 is 0. The van der Waals surface area contributed by atoms with Crippen LogP contribution in [0.15, 0.2) is 24.3 Å². The van der Waals surface area contributed by atoms with Crippen LogP contribution in [0, 0.1) is 5.92 Å². The normalized spacial score (nSPS) is 23.0. The van der Waals surface area contributed by atoms with E-state index in [9.17, 15) is 21.6 Å². The average Bonchev–Trinajstić information content (AvgIpc) is 2.71. The van der Waals surface area contributed by atoms with Crippen LogP contribution in [0.25, 0.3) is 0 Å². The third-order valence-electron chi connectivity index (χ3n) is 3.53. The summed E-state index contributed by atoms with van der Waals surface area (Å²) in [5, 5.41) is 2.91. The summed E-state index contributed by atoms with van der Waals surface area (Å²) in [6, 6.07) is 5.31. The highest BCUT2D eigenvalue weighted by molar-refractivity contribution is 7.91. The molecule has 0 spiro atoms. The number of ether oxygens (including phenoxy) is 1. The van der Waals surface area contributed by atoms with Crippen LogP contribution in [0.1, 0.15) is 18.0 Å². The number of hydrogen-bond acceptors (Lipinski definition) is 4. The van der Waals surface area contributed by atoms with Crippen LogP contribution >= 0.6 is 0 Å². The van der Waals surface area contributed by atoms with Crippen molar-refractivity contribution >= 4 is 9.84 Å². The van der Waals surface area contributed by atoms with Crippen LogP contribution < -0.4 is 10.1 Å². The van der Waals surface area contributed by atoms with Gasteiger partial charge in [0.25, 0.3) is 0 Å². The molecule has 0 aromatic heterocycles. The predicted molar refractivity (Wildman–Crippen MR) is 71.7 cm³/mol. The van der Waals surface area contributed by atoms with Crippen molar-refractivity contribution in [1.82, 2.24) is 5.32 Å². The molecule has 0 radical (unpaired) electrons. The van der Waals surface area contributed by atoms with Crippen molar-refractivity contribution in [3.8, 4) is 5.75 Å². The molecule has 1 aromatic rings. The van der Waals surface area contributed by atoms with Gasteiger partial charge in [-0.15, -0.1) is 13.2 Å². The lowest BCUT2D eigenvalue weighted by Gasteiger charge is -2.25. The Kier molecular flexibility index (Phi) is 4.48. The number of benzene rings is 1. The van der Waals surface area contributed by atoms with Gasteiger partial charge in [0.1, 0.15) is 5.75 Å². The molecule has 1 heterocycles. The van der Waals surface area contributed by atoms with Gasteiger partial charge in [-0.2, -0.15) is 0 Å². The van der Waals surface area contributed by atoms with Gasteiger partial charge in [-0.3, -0.25) is 0 Å². The topological polar surface area (TPSA) is 55.4 Å². The highest BCUT2D eigenvalue weighted by Crippen LogP contribution is 2.37. The van der Waals surface area contributed by atoms with Crippen LogP contribution in [-0.2, 0) is 9.84 Å². The molecular formula is C13H16F3NO3S. The number of sulfone groups is 1. The monoisotopic (exact) mass is 323 g/mol. The van der Waals surface area contributed by atoms with E-state index in [0.717, 1.165) is 0 Å². The molecule has 1 aliphatic rings. The molecule has 0 amide bonds. The van der Waals surface area contributed by atoms with Crippen molar-refractivity contribution in [3.05, 3.63) is 29.8 Å². The minimum absolute atomic E-state index is 0.0289. The minimum Gasteiger partial charge on any atom is -0.405 e. The fourth-order valence-corrected chi connectivity index (χ4v) is 4.53. The van der Waals surface area contributed by atoms with E-state index in [1.165, 1.54) is 18.2 Å². The number of hydrogen-bond donors (Lipinski definition) is 1. The van der Waals surface area contributed by atoms with Crippen LogP contribution in [0.5, 0.6) is 5.75 Å². The Balaban J connectivity index is 2.30. The predicted octanol–water partition coefficient (Wildman–Crippen LogP) is 2.28. The molecule has 21 heavy (non-hydrogen) atoms. The molecule has 1 saturated heterocycles. The molecule has 1 fully saturated rings. The van der Waals surface area contributed by atoms with E-state index in [2.05, 4.69) is 10.1 Å². The minimum atomic E-state index is -4.78. The van der Waals surface area contributed by atoms with Crippen molar-refractivity contribution in [2.75, 3.05) is 18.6 Å². The van der Waals surface area contributed by atoms with Crippen molar-refractivity contribution in [2.45, 2.75) is 18.8 Å². The zero-order chi connectivity index (χ0) is 15.7. The van der Waals surface area contributed by atoms with Crippen molar-refractivity contribution < 1.29 is 26.3 Å². The summed E-state index contributed by atoms with van der Waals surface area (Å²) in [6.45, 7) is 0. The second-order valence-electron chi connectivity index (χ2n) is 5.02. The summed E-state index contributed by atoms with van der Waals surface area (Å²) < 4.78 is 64.5. The van der Waals surface area contributed by atoms with Crippen molar-refractivity contribution in [1.29, 1.82) is 0 Å². The van der Waals surface area contributed by atoms with E-state index in [0.29, 0.717) is 12.0 Å². The maximum Gasteiger partial charge on any atom is 0.573 e. The largest absolute Gasteiger partial charge is 0.573 e. The lowest BCUT2D eigenvalue weighted by Crippen LogP contribution is -2.28. The third-order valence-corrected chi connectivity index (χ3v) is 5.32. The van der Waals surface area contributed by atoms with Gasteiger partial charge in [-0.25, -0.2) is 8.42 Å². The van der Waals surface area contributed by atoms with E-state index < -0.39 is 22.2 Å². The van der Waals surface area contributed by atoms with E-state index in [1.807, 2.05) is 0 Å². The first-order valence-corrected chi connectivity index (χ1v) is 8.26. The van der Waals surface area contributed by atoms with Gasteiger partial charge >= 0.3 is 6.36 Å². The molecule has 2 rings (SSSR count). The lowest BCUT2D eigenvalue weighted by molar-refractivity contribution is -0.275. The number of rotatable bonds is 4. The van der Waals surface area contributed by atoms with E-state index in [-0.39, 0.29) is 23.2 Å². The molecule has 118 valence electrons. The number of para-hydroxylation sites is 1. The molecule has 2 atom stereocenters. The van der Waals surface area contributed by atoms with Gasteiger partial charge < -0.3 is 10.1 Å². The fraction of sp³-hybridized carbons (Fsp3) is 0.538. The molecule has 0 aliphatic carbocycles. The van der Waals surface area contributed by atoms with E-state index >= 15 is 0 Å². The average molecular weight is 323 g/mol. The van der Waals surface area contributed by atoms with Crippen molar-refractivity contribution in [2.24, 2.45) is 5.92 Å². The van der Waals surface area contributed by atoms with Gasteiger partial charge in [0.05, 0.1) is 11.5 Å². The molecule has 1 aromatic carbocycles. The lowest BCUT2D eigenvalue weighted by atomic mass is 9.92. The summed E-state index contributed by atoms with van der Waals surface area (Å²) in [5.74, 6) is -0.525. The number of halogens is 3. The van der Waals surface area contributed by atoms with E-state index in [4.69, 9.17) is 0 Å². The number of alkyl halides is 3. The summed E-state index contributed by atoms with van der Waals surface area (Å²) in [4.78, 5) is 0. The van der Waals surface area contributed by atoms with Crippen molar-refractivity contribution in [3.63, 3.8) is 0 Å². The smallest absolute Gasteiger partial charge is 0.405 e. The summed E-state index contributed by atoms with van der Waals surface area (Å²) in [6.07, 6.45) is -4.36. The summed E-state index contributed by atoms with van der Waals surface area (Å²) in [7, 11) is -1.51. The SMILES string of the molecule is CNC(c1ccccc1OC(F)(F)F)C1CCS(=O)(=O)C1. The standard InChI is InChI=1S/C13H16F3NO3S/c1-17-12(9-6-7-21(18,19)8-9)10-4-2-3-5-11(10)20-13(14,15)16/h2-5,9,12,17H,6-8H2,1H3. The Morgan fingerprint density at radius 1 is 1.33 bits per heavy atom. The van der Waals surface area contributed by atoms with Gasteiger partial charge in [-0.05, 0) is 25.5 Å². The van der Waals surface area contributed by atoms with Crippen LogP contribution in [0.3, 0.4) is 0 Å². The molecule has 8 heteroatoms. The first kappa shape index (κ1) is 16.1. The Morgan fingerprint density at radius 2 is 2.00 bits per heavy atom. The van der Waals surface area contributed by atoms with E-state index in [1.54, 1.807) is 13.1 Å². The molecule has 4 nitrogen and oxygen atoms in total. The van der Waals surface area contributed by atoms with Gasteiger partial charge in [-0.1, -0.05) is 18.2 Å². The first-order chi connectivity index (χ1) is 9.72. The highest BCUT2D eigenvalue weighted by atomic mass is 32.2. The van der Waals surface area contributed by atoms with Gasteiger partial charge in [0.2, 0.25) is 0 Å². The Morgan fingerprint density at radius 3 is 2.52 bits per heavy atom. The zero-order valence-electron chi connectivity index (χ0n) is 11.4. The molecule has 1 N–H and O–H groups in total. The molecule has 2 unspecified atom stereocenters. The molecule has 0 saturated carbocycles. The maximum atomic E-state index is 12.5. The Labute approximate surface area is 121 Å². The Hall–Kier alpha value is -1.28. The fourth-order valence-electron chi connectivity index (χ4n) is 2.69. The third kappa shape index (κ3) is 4.10. The first-order valence-electron chi connectivity index (χ1n) is 6.44. The second-order valence-corrected chi connectivity index (χ2v) is 7.24. The molecule has 0 bridgehead atoms. The zero-order valence-corrected chi connectivity index (χ0v) is 12.2. The maximum absolute atomic E-state index is 12.5.